The van der Waals surface area contributed by atoms with Gasteiger partial charge in [0.1, 0.15) is 0 Å². The summed E-state index contributed by atoms with van der Waals surface area (Å²) in [6.45, 7) is 1.87. The van der Waals surface area contributed by atoms with Crippen LogP contribution in [0.1, 0.15) is 19.0 Å². The lowest BCUT2D eigenvalue weighted by Crippen LogP contribution is -2.15. The van der Waals surface area contributed by atoms with Crippen molar-refractivity contribution in [3.05, 3.63) is 18.2 Å². The van der Waals surface area contributed by atoms with Crippen LogP contribution in [0, 0.1) is 5.92 Å². The maximum Gasteiger partial charge on any atom is 0.306 e. The fourth-order valence-electron chi connectivity index (χ4n) is 1.06. The highest BCUT2D eigenvalue weighted by Gasteiger charge is 2.15. The molecule has 1 aromatic heterocycles. The molecule has 0 unspecified atom stereocenters. The number of imidazole rings is 1. The number of aliphatic carboxylic acids is 1. The number of aromatic amines is 1. The van der Waals surface area contributed by atoms with Gasteiger partial charge in [0, 0.05) is 12.6 Å². The summed E-state index contributed by atoms with van der Waals surface area (Å²) in [4.78, 5) is 17.4. The van der Waals surface area contributed by atoms with Crippen LogP contribution in [0.3, 0.4) is 0 Å². The van der Waals surface area contributed by atoms with Crippen LogP contribution in [0.2, 0.25) is 0 Å². The van der Waals surface area contributed by atoms with Crippen molar-refractivity contribution in [2.45, 2.75) is 19.8 Å². The average molecular weight is 168 g/mol. The number of hydrogen-bond acceptors (Lipinski definition) is 2. The maximum absolute atomic E-state index is 10.6. The first-order valence-corrected chi connectivity index (χ1v) is 3.94. The summed E-state index contributed by atoms with van der Waals surface area (Å²) >= 11 is 0. The smallest absolute Gasteiger partial charge is 0.306 e. The Morgan fingerprint density at radius 2 is 2.58 bits per heavy atom. The molecule has 0 saturated heterocycles. The van der Waals surface area contributed by atoms with Gasteiger partial charge in [-0.2, -0.15) is 0 Å². The molecule has 0 bridgehead atoms. The van der Waals surface area contributed by atoms with Crippen LogP contribution in [0.4, 0.5) is 0 Å². The van der Waals surface area contributed by atoms with Crippen molar-refractivity contribution in [1.82, 2.24) is 9.97 Å². The third kappa shape index (κ3) is 2.08. The summed E-state index contributed by atoms with van der Waals surface area (Å²) in [7, 11) is 0. The Labute approximate surface area is 70.6 Å². The van der Waals surface area contributed by atoms with Crippen molar-refractivity contribution in [2.75, 3.05) is 0 Å². The number of carboxylic acids is 1. The fraction of sp³-hybridized carbons (Fsp3) is 0.500. The van der Waals surface area contributed by atoms with E-state index in [1.165, 1.54) is 0 Å². The topological polar surface area (TPSA) is 66.0 Å². The first kappa shape index (κ1) is 8.77. The Balaban J connectivity index is 2.54. The minimum atomic E-state index is -0.750. The zero-order chi connectivity index (χ0) is 8.97. The van der Waals surface area contributed by atoms with Crippen LogP contribution < -0.4 is 0 Å². The average Bonchev–Trinajstić information content (AvgIpc) is 2.51. The SMILES string of the molecule is CC[C@H](Cc1c[nH]cn1)C(=O)O. The van der Waals surface area contributed by atoms with Crippen LogP contribution in [0.15, 0.2) is 12.5 Å². The molecule has 0 saturated carbocycles. The zero-order valence-electron chi connectivity index (χ0n) is 6.95. The Bertz CT molecular complexity index is 244. The molecule has 0 radical (unpaired) electrons. The molecule has 4 nitrogen and oxygen atoms in total. The molecule has 0 amide bonds. The molecule has 1 aromatic rings. The number of nitrogens with one attached hydrogen (secondary N) is 1. The van der Waals surface area contributed by atoms with Crippen molar-refractivity contribution < 1.29 is 9.90 Å². The number of carbonyl (C=O) groups is 1. The second-order valence-corrected chi connectivity index (χ2v) is 2.71. The Hall–Kier alpha value is -1.32. The molecule has 12 heavy (non-hydrogen) atoms. The van der Waals surface area contributed by atoms with Gasteiger partial charge in [0.15, 0.2) is 0 Å². The molecule has 1 rings (SSSR count). The molecule has 0 fully saturated rings. The van der Waals surface area contributed by atoms with E-state index in [4.69, 9.17) is 5.11 Å². The van der Waals surface area contributed by atoms with Gasteiger partial charge in [0.2, 0.25) is 0 Å². The van der Waals surface area contributed by atoms with Gasteiger partial charge in [-0.25, -0.2) is 4.98 Å². The molecule has 0 spiro atoms. The number of hydrogen-bond donors (Lipinski definition) is 2. The Kier molecular flexibility index (Phi) is 2.85. The lowest BCUT2D eigenvalue weighted by molar-refractivity contribution is -0.141. The highest BCUT2D eigenvalue weighted by molar-refractivity contribution is 5.70. The summed E-state index contributed by atoms with van der Waals surface area (Å²) in [5.74, 6) is -1.06. The van der Waals surface area contributed by atoms with Crippen molar-refractivity contribution in [2.24, 2.45) is 5.92 Å². The van der Waals surface area contributed by atoms with E-state index in [9.17, 15) is 4.79 Å². The van der Waals surface area contributed by atoms with E-state index in [1.807, 2.05) is 6.92 Å². The molecule has 1 atom stereocenters. The molecule has 1 heterocycles. The lowest BCUT2D eigenvalue weighted by atomic mass is 10.0. The molecule has 0 aromatic carbocycles. The number of carboxylic acid groups (broad SMARTS) is 1. The quantitative estimate of drug-likeness (QED) is 0.706. The fourth-order valence-corrected chi connectivity index (χ4v) is 1.06. The standard InChI is InChI=1S/C8H12N2O2/c1-2-6(8(11)12)3-7-4-9-5-10-7/h4-6H,2-3H2,1H3,(H,9,10)(H,11,12)/t6-/m1/s1. The summed E-state index contributed by atoms with van der Waals surface area (Å²) in [5.41, 5.74) is 0.809. The maximum atomic E-state index is 10.6. The van der Waals surface area contributed by atoms with Crippen molar-refractivity contribution in [1.29, 1.82) is 0 Å². The second-order valence-electron chi connectivity index (χ2n) is 2.71. The van der Waals surface area contributed by atoms with Gasteiger partial charge in [0.25, 0.3) is 0 Å². The Morgan fingerprint density at radius 1 is 1.83 bits per heavy atom. The summed E-state index contributed by atoms with van der Waals surface area (Å²) in [5, 5.41) is 8.73. The van der Waals surface area contributed by atoms with Crippen molar-refractivity contribution in [3.8, 4) is 0 Å². The van der Waals surface area contributed by atoms with Gasteiger partial charge in [0.05, 0.1) is 17.9 Å². The number of rotatable bonds is 4. The van der Waals surface area contributed by atoms with Crippen molar-refractivity contribution in [3.63, 3.8) is 0 Å². The highest BCUT2D eigenvalue weighted by atomic mass is 16.4. The van der Waals surface area contributed by atoms with Gasteiger partial charge in [-0.05, 0) is 6.42 Å². The minimum absolute atomic E-state index is 0.312. The van der Waals surface area contributed by atoms with E-state index in [-0.39, 0.29) is 5.92 Å². The van der Waals surface area contributed by atoms with E-state index in [0.717, 1.165) is 5.69 Å². The Morgan fingerprint density at radius 3 is 3.00 bits per heavy atom. The largest absolute Gasteiger partial charge is 0.481 e. The second kappa shape index (κ2) is 3.90. The molecule has 66 valence electrons. The predicted octanol–water partition coefficient (Wildman–Crippen LogP) is 1.06. The monoisotopic (exact) mass is 168 g/mol. The molecule has 0 aliphatic heterocycles. The number of nitrogens with zero attached hydrogens (tertiary/aromatic N) is 1. The lowest BCUT2D eigenvalue weighted by Gasteiger charge is -2.05. The molecule has 0 aliphatic rings. The molecule has 2 N–H and O–H groups in total. The highest BCUT2D eigenvalue weighted by Crippen LogP contribution is 2.09. The van der Waals surface area contributed by atoms with Gasteiger partial charge < -0.3 is 10.1 Å². The van der Waals surface area contributed by atoms with E-state index in [1.54, 1.807) is 12.5 Å². The van der Waals surface area contributed by atoms with Crippen LogP contribution in [0.25, 0.3) is 0 Å². The third-order valence-corrected chi connectivity index (χ3v) is 1.85. The third-order valence-electron chi connectivity index (χ3n) is 1.85. The first-order chi connectivity index (χ1) is 5.74. The molecule has 4 heteroatoms. The van der Waals surface area contributed by atoms with Crippen molar-refractivity contribution >= 4 is 5.97 Å². The van der Waals surface area contributed by atoms with E-state index < -0.39 is 5.97 Å². The van der Waals surface area contributed by atoms with Gasteiger partial charge in [-0.3, -0.25) is 4.79 Å². The van der Waals surface area contributed by atoms with E-state index >= 15 is 0 Å². The first-order valence-electron chi connectivity index (χ1n) is 3.94. The van der Waals surface area contributed by atoms with Crippen LogP contribution in [0.5, 0.6) is 0 Å². The van der Waals surface area contributed by atoms with Gasteiger partial charge in [-0.1, -0.05) is 6.92 Å². The predicted molar refractivity (Wildman–Crippen MR) is 43.7 cm³/mol. The van der Waals surface area contributed by atoms with Crippen LogP contribution >= 0.6 is 0 Å². The molecular weight excluding hydrogens is 156 g/mol. The zero-order valence-corrected chi connectivity index (χ0v) is 6.95. The van der Waals surface area contributed by atoms with Crippen LogP contribution in [-0.4, -0.2) is 21.0 Å². The molecular formula is C8H12N2O2. The van der Waals surface area contributed by atoms with E-state index in [0.29, 0.717) is 12.8 Å². The number of H-pyrrole nitrogens is 1. The number of aromatic nitrogens is 2. The van der Waals surface area contributed by atoms with Gasteiger partial charge in [-0.15, -0.1) is 0 Å². The van der Waals surface area contributed by atoms with Crippen LogP contribution in [-0.2, 0) is 11.2 Å². The molecule has 0 aliphatic carbocycles. The van der Waals surface area contributed by atoms with E-state index in [2.05, 4.69) is 9.97 Å². The summed E-state index contributed by atoms with van der Waals surface area (Å²) < 4.78 is 0. The summed E-state index contributed by atoms with van der Waals surface area (Å²) in [6.07, 6.45) is 4.44. The van der Waals surface area contributed by atoms with Gasteiger partial charge >= 0.3 is 5.97 Å². The minimum Gasteiger partial charge on any atom is -0.481 e. The normalized spacial score (nSPS) is 12.8. The summed E-state index contributed by atoms with van der Waals surface area (Å²) in [6, 6.07) is 0.